The quantitative estimate of drug-likeness (QED) is 0.265. The van der Waals surface area contributed by atoms with Gasteiger partial charge >= 0.3 is 5.97 Å². The van der Waals surface area contributed by atoms with Gasteiger partial charge in [-0.25, -0.2) is 4.79 Å². The Hall–Kier alpha value is -4.83. The number of rotatable bonds is 10. The van der Waals surface area contributed by atoms with Crippen molar-refractivity contribution in [2.24, 2.45) is 0 Å². The minimum Gasteiger partial charge on any atom is -0.478 e. The standard InChI is InChI=1S/C27H23ClN6O4/c28-21-10-14-24(34-17-29-32-33-34)20(16-21)9-15-25(35)31-23(13-6-18-4-2-1-3-5-18)26(36)30-22-11-7-19(8-12-22)27(37)38/h1-5,7-12,14-17,23H,6,13H2,(H,30,36)(H,31,35)(H,37,38). The van der Waals surface area contributed by atoms with Gasteiger partial charge in [0, 0.05) is 22.3 Å². The van der Waals surface area contributed by atoms with Crippen molar-refractivity contribution in [1.82, 2.24) is 25.5 Å². The van der Waals surface area contributed by atoms with E-state index in [4.69, 9.17) is 16.7 Å². The van der Waals surface area contributed by atoms with Crippen LogP contribution in [0, 0.1) is 0 Å². The van der Waals surface area contributed by atoms with Gasteiger partial charge in [-0.05, 0) is 77.4 Å². The highest BCUT2D eigenvalue weighted by Gasteiger charge is 2.20. The highest BCUT2D eigenvalue weighted by Crippen LogP contribution is 2.20. The molecule has 1 unspecified atom stereocenters. The Balaban J connectivity index is 1.49. The summed E-state index contributed by atoms with van der Waals surface area (Å²) in [6, 6.07) is 19.6. The van der Waals surface area contributed by atoms with Crippen LogP contribution < -0.4 is 10.6 Å². The van der Waals surface area contributed by atoms with Gasteiger partial charge < -0.3 is 15.7 Å². The zero-order valence-electron chi connectivity index (χ0n) is 20.0. The fraction of sp³-hybridized carbons (Fsp3) is 0.111. The molecule has 4 rings (SSSR count). The van der Waals surface area contributed by atoms with Crippen LogP contribution in [0.25, 0.3) is 11.8 Å². The summed E-state index contributed by atoms with van der Waals surface area (Å²) in [5, 5.41) is 26.2. The van der Waals surface area contributed by atoms with E-state index < -0.39 is 23.8 Å². The van der Waals surface area contributed by atoms with Crippen LogP contribution in [0.3, 0.4) is 0 Å². The van der Waals surface area contributed by atoms with Crippen LogP contribution in [-0.2, 0) is 16.0 Å². The second-order valence-corrected chi connectivity index (χ2v) is 8.68. The van der Waals surface area contributed by atoms with Crippen LogP contribution >= 0.6 is 11.6 Å². The Kier molecular flexibility index (Phi) is 8.57. The first-order valence-electron chi connectivity index (χ1n) is 11.6. The Bertz CT molecular complexity index is 1440. The van der Waals surface area contributed by atoms with Gasteiger partial charge in [-0.2, -0.15) is 4.68 Å². The number of benzene rings is 3. The van der Waals surface area contributed by atoms with Crippen molar-refractivity contribution in [1.29, 1.82) is 0 Å². The van der Waals surface area contributed by atoms with E-state index in [0.717, 1.165) is 5.56 Å². The number of anilines is 1. The number of tetrazole rings is 1. The zero-order valence-corrected chi connectivity index (χ0v) is 20.7. The molecule has 2 amide bonds. The third-order valence-corrected chi connectivity index (χ3v) is 5.83. The predicted octanol–water partition coefficient (Wildman–Crippen LogP) is 3.78. The molecule has 11 heteroatoms. The maximum absolute atomic E-state index is 13.1. The third kappa shape index (κ3) is 7.11. The van der Waals surface area contributed by atoms with Crippen LogP contribution in [-0.4, -0.2) is 49.1 Å². The topological polar surface area (TPSA) is 139 Å². The van der Waals surface area contributed by atoms with Crippen molar-refractivity contribution in [3.63, 3.8) is 0 Å². The summed E-state index contributed by atoms with van der Waals surface area (Å²) in [4.78, 5) is 37.1. The summed E-state index contributed by atoms with van der Waals surface area (Å²) in [6.45, 7) is 0. The largest absolute Gasteiger partial charge is 0.478 e. The van der Waals surface area contributed by atoms with Crippen LogP contribution in [0.1, 0.15) is 27.9 Å². The molecule has 38 heavy (non-hydrogen) atoms. The number of aromatic nitrogens is 4. The minimum absolute atomic E-state index is 0.101. The van der Waals surface area contributed by atoms with Crippen molar-refractivity contribution < 1.29 is 19.5 Å². The summed E-state index contributed by atoms with van der Waals surface area (Å²) in [5.41, 5.74) is 2.75. The third-order valence-electron chi connectivity index (χ3n) is 5.60. The summed E-state index contributed by atoms with van der Waals surface area (Å²) < 4.78 is 1.44. The number of nitrogens with zero attached hydrogens (tertiary/aromatic N) is 4. The van der Waals surface area contributed by atoms with Gasteiger partial charge in [0.25, 0.3) is 0 Å². The zero-order chi connectivity index (χ0) is 26.9. The SMILES string of the molecule is O=C(C=Cc1cc(Cl)ccc1-n1cnnn1)NC(CCc1ccccc1)C(=O)Nc1ccc(C(=O)O)cc1. The molecule has 1 atom stereocenters. The highest BCUT2D eigenvalue weighted by molar-refractivity contribution is 6.30. The number of aryl methyl sites for hydroxylation is 1. The van der Waals surface area contributed by atoms with E-state index in [2.05, 4.69) is 26.2 Å². The highest BCUT2D eigenvalue weighted by atomic mass is 35.5. The average molecular weight is 531 g/mol. The van der Waals surface area contributed by atoms with Crippen LogP contribution in [0.4, 0.5) is 5.69 Å². The van der Waals surface area contributed by atoms with E-state index >= 15 is 0 Å². The molecule has 4 aromatic rings. The maximum atomic E-state index is 13.1. The lowest BCUT2D eigenvalue weighted by Crippen LogP contribution is -2.43. The molecule has 0 fully saturated rings. The molecule has 10 nitrogen and oxygen atoms in total. The number of carbonyl (C=O) groups excluding carboxylic acids is 2. The molecule has 1 aromatic heterocycles. The number of carboxylic acids is 1. The molecule has 3 N–H and O–H groups in total. The lowest BCUT2D eigenvalue weighted by atomic mass is 10.0. The predicted molar refractivity (Wildman–Crippen MR) is 142 cm³/mol. The second kappa shape index (κ2) is 12.4. The second-order valence-electron chi connectivity index (χ2n) is 8.25. The Morgan fingerprint density at radius 2 is 1.79 bits per heavy atom. The van der Waals surface area contributed by atoms with Crippen molar-refractivity contribution in [3.05, 3.63) is 107 Å². The molecule has 192 valence electrons. The van der Waals surface area contributed by atoms with E-state index in [9.17, 15) is 14.4 Å². The lowest BCUT2D eigenvalue weighted by molar-refractivity contribution is -0.123. The number of hydrogen-bond acceptors (Lipinski definition) is 6. The summed E-state index contributed by atoms with van der Waals surface area (Å²) in [5.74, 6) is -1.98. The van der Waals surface area contributed by atoms with Crippen LogP contribution in [0.2, 0.25) is 5.02 Å². The summed E-state index contributed by atoms with van der Waals surface area (Å²) in [6.07, 6.45) is 5.20. The first-order valence-corrected chi connectivity index (χ1v) is 12.0. The van der Waals surface area contributed by atoms with Crippen molar-refractivity contribution >= 4 is 41.1 Å². The van der Waals surface area contributed by atoms with Crippen molar-refractivity contribution in [3.8, 4) is 5.69 Å². The van der Waals surface area contributed by atoms with Crippen LogP contribution in [0.5, 0.6) is 0 Å². The normalized spacial score (nSPS) is 11.7. The monoisotopic (exact) mass is 530 g/mol. The number of carbonyl (C=O) groups is 3. The fourth-order valence-corrected chi connectivity index (χ4v) is 3.86. The van der Waals surface area contributed by atoms with E-state index in [1.165, 1.54) is 41.4 Å². The van der Waals surface area contributed by atoms with Crippen LogP contribution in [0.15, 0.2) is 85.2 Å². The van der Waals surface area contributed by atoms with Gasteiger partial charge in [0.2, 0.25) is 11.8 Å². The molecular formula is C27H23ClN6O4. The van der Waals surface area contributed by atoms with E-state index in [0.29, 0.717) is 34.8 Å². The molecule has 0 spiro atoms. The van der Waals surface area contributed by atoms with Crippen molar-refractivity contribution in [2.75, 3.05) is 5.32 Å². The molecular weight excluding hydrogens is 508 g/mol. The molecule has 0 aliphatic carbocycles. The number of amides is 2. The van der Waals surface area contributed by atoms with Gasteiger partial charge in [-0.3, -0.25) is 9.59 Å². The molecule has 0 aliphatic rings. The minimum atomic E-state index is -1.06. The molecule has 0 saturated carbocycles. The van der Waals surface area contributed by atoms with Crippen molar-refractivity contribution in [2.45, 2.75) is 18.9 Å². The molecule has 0 aliphatic heterocycles. The van der Waals surface area contributed by atoms with Gasteiger partial charge in [0.1, 0.15) is 12.4 Å². The number of nitrogens with one attached hydrogen (secondary N) is 2. The first kappa shape index (κ1) is 26.2. The van der Waals surface area contributed by atoms with Gasteiger partial charge in [0.05, 0.1) is 11.3 Å². The van der Waals surface area contributed by atoms with Gasteiger partial charge in [-0.1, -0.05) is 41.9 Å². The number of aromatic carboxylic acids is 1. The molecule has 0 saturated heterocycles. The van der Waals surface area contributed by atoms with E-state index in [1.807, 2.05) is 30.3 Å². The Morgan fingerprint density at radius 3 is 2.47 bits per heavy atom. The Labute approximate surface area is 222 Å². The number of halogens is 1. The van der Waals surface area contributed by atoms with E-state index in [-0.39, 0.29) is 5.56 Å². The number of carboxylic acid groups (broad SMARTS) is 1. The summed E-state index contributed by atoms with van der Waals surface area (Å²) in [7, 11) is 0. The molecule has 0 radical (unpaired) electrons. The molecule has 1 heterocycles. The van der Waals surface area contributed by atoms with Gasteiger partial charge in [-0.15, -0.1) is 5.10 Å². The Morgan fingerprint density at radius 1 is 1.03 bits per heavy atom. The number of hydrogen-bond donors (Lipinski definition) is 3. The fourth-order valence-electron chi connectivity index (χ4n) is 3.67. The van der Waals surface area contributed by atoms with E-state index in [1.54, 1.807) is 24.3 Å². The maximum Gasteiger partial charge on any atom is 0.335 e. The lowest BCUT2D eigenvalue weighted by Gasteiger charge is -2.18. The summed E-state index contributed by atoms with van der Waals surface area (Å²) >= 11 is 6.14. The van der Waals surface area contributed by atoms with Gasteiger partial charge in [0.15, 0.2) is 0 Å². The smallest absolute Gasteiger partial charge is 0.335 e. The first-order chi connectivity index (χ1) is 18.4. The molecule has 0 bridgehead atoms. The molecule has 3 aromatic carbocycles. The average Bonchev–Trinajstić information content (AvgIpc) is 3.45.